The Bertz CT molecular complexity index is 605. The second kappa shape index (κ2) is 5.21. The van der Waals surface area contributed by atoms with Crippen LogP contribution in [0.25, 0.3) is 0 Å². The number of hydrogen-bond acceptors (Lipinski definition) is 6. The normalized spacial score (nSPS) is 26.6. The Morgan fingerprint density at radius 1 is 1.50 bits per heavy atom. The van der Waals surface area contributed by atoms with Crippen LogP contribution in [0.5, 0.6) is 0 Å². The summed E-state index contributed by atoms with van der Waals surface area (Å²) in [5.41, 5.74) is 5.44. The number of nitrogen functional groups attached to an aromatic ring is 1. The monoisotopic (exact) mass is 301 g/mol. The molecule has 1 aromatic rings. The fourth-order valence-electron chi connectivity index (χ4n) is 2.15. The molecule has 0 aliphatic carbocycles. The van der Waals surface area contributed by atoms with E-state index < -0.39 is 15.6 Å². The van der Waals surface area contributed by atoms with Crippen molar-refractivity contribution < 1.29 is 18.3 Å². The minimum Gasteiger partial charge on any atom is -0.399 e. The van der Waals surface area contributed by atoms with Crippen LogP contribution >= 0.6 is 0 Å². The first kappa shape index (κ1) is 15.0. The predicted octanol–water partition coefficient (Wildman–Crippen LogP) is -0.132. The highest BCUT2D eigenvalue weighted by atomic mass is 32.2. The molecule has 0 bridgehead atoms. The van der Waals surface area contributed by atoms with Gasteiger partial charge in [0.15, 0.2) is 0 Å². The van der Waals surface area contributed by atoms with Crippen LogP contribution in [0.15, 0.2) is 23.1 Å². The molecule has 1 heterocycles. The zero-order valence-corrected chi connectivity index (χ0v) is 12.0. The molecule has 0 aromatic heterocycles. The van der Waals surface area contributed by atoms with Gasteiger partial charge in [0.1, 0.15) is 5.60 Å². The first-order valence-corrected chi connectivity index (χ1v) is 7.76. The highest BCUT2D eigenvalue weighted by Crippen LogP contribution is 2.27. The average molecular weight is 301 g/mol. The second-order valence-electron chi connectivity index (χ2n) is 5.06. The number of rotatable bonds is 4. The largest absolute Gasteiger partial charge is 0.399 e. The Kier molecular flexibility index (Phi) is 3.92. The number of nitrogens with one attached hydrogen (secondary N) is 1. The predicted molar refractivity (Wildman–Crippen MR) is 75.7 cm³/mol. The standard InChI is InChI=1S/C12H19N3O4S/c1-8-12(16,2-3-19-8)7-15-10-4-9(13)5-11(6-10)20(14,17)18/h4-6,8,15-16H,2-3,7,13H2,1H3,(H2,14,17,18). The summed E-state index contributed by atoms with van der Waals surface area (Å²) in [6.07, 6.45) is 0.236. The molecule has 2 rings (SSSR count). The van der Waals surface area contributed by atoms with Gasteiger partial charge in [-0.05, 0) is 25.1 Å². The van der Waals surface area contributed by atoms with Crippen molar-refractivity contribution in [1.82, 2.24) is 0 Å². The van der Waals surface area contributed by atoms with Gasteiger partial charge in [0, 0.05) is 30.9 Å². The van der Waals surface area contributed by atoms with Crippen LogP contribution in [0, 0.1) is 0 Å². The lowest BCUT2D eigenvalue weighted by molar-refractivity contribution is -0.0175. The molecule has 0 saturated carbocycles. The van der Waals surface area contributed by atoms with Crippen molar-refractivity contribution in [3.63, 3.8) is 0 Å². The van der Waals surface area contributed by atoms with Gasteiger partial charge in [0.25, 0.3) is 0 Å². The third-order valence-electron chi connectivity index (χ3n) is 3.52. The molecular formula is C12H19N3O4S. The van der Waals surface area contributed by atoms with Gasteiger partial charge in [-0.3, -0.25) is 0 Å². The number of nitrogens with two attached hydrogens (primary N) is 2. The summed E-state index contributed by atoms with van der Waals surface area (Å²) in [5.74, 6) is 0. The van der Waals surface area contributed by atoms with E-state index in [0.717, 1.165) is 0 Å². The molecule has 6 N–H and O–H groups in total. The summed E-state index contributed by atoms with van der Waals surface area (Å²) < 4.78 is 28.0. The molecule has 1 aromatic carbocycles. The van der Waals surface area contributed by atoms with E-state index in [2.05, 4.69) is 5.32 Å². The Hall–Kier alpha value is -1.35. The van der Waals surface area contributed by atoms with Crippen molar-refractivity contribution in [2.45, 2.75) is 29.9 Å². The van der Waals surface area contributed by atoms with Gasteiger partial charge in [-0.2, -0.15) is 0 Å². The Labute approximate surface area is 118 Å². The molecule has 112 valence electrons. The van der Waals surface area contributed by atoms with E-state index in [1.807, 2.05) is 0 Å². The Morgan fingerprint density at radius 3 is 2.75 bits per heavy atom. The molecule has 1 aliphatic rings. The third kappa shape index (κ3) is 3.21. The lowest BCUT2D eigenvalue weighted by Crippen LogP contribution is -2.43. The van der Waals surface area contributed by atoms with Gasteiger partial charge in [0.2, 0.25) is 10.0 Å². The minimum absolute atomic E-state index is 0.0669. The number of hydrogen-bond donors (Lipinski definition) is 4. The summed E-state index contributed by atoms with van der Waals surface area (Å²) in [4.78, 5) is -0.0669. The fourth-order valence-corrected chi connectivity index (χ4v) is 2.74. The maximum absolute atomic E-state index is 11.3. The smallest absolute Gasteiger partial charge is 0.238 e. The van der Waals surface area contributed by atoms with Gasteiger partial charge < -0.3 is 20.9 Å². The van der Waals surface area contributed by atoms with E-state index in [1.165, 1.54) is 12.1 Å². The zero-order chi connectivity index (χ0) is 15.0. The maximum atomic E-state index is 11.3. The molecule has 2 unspecified atom stereocenters. The summed E-state index contributed by atoms with van der Waals surface area (Å²) in [6, 6.07) is 4.25. The van der Waals surface area contributed by atoms with E-state index in [9.17, 15) is 13.5 Å². The summed E-state index contributed by atoms with van der Waals surface area (Å²) in [5, 5.41) is 18.4. The van der Waals surface area contributed by atoms with Crippen molar-refractivity contribution >= 4 is 21.4 Å². The molecule has 8 heteroatoms. The highest BCUT2D eigenvalue weighted by Gasteiger charge is 2.39. The molecule has 1 fully saturated rings. The van der Waals surface area contributed by atoms with Gasteiger partial charge in [0.05, 0.1) is 11.0 Å². The molecule has 0 amide bonds. The molecule has 0 spiro atoms. The molecular weight excluding hydrogens is 282 g/mol. The van der Waals surface area contributed by atoms with Crippen LogP contribution in [0.4, 0.5) is 11.4 Å². The van der Waals surface area contributed by atoms with Gasteiger partial charge in [-0.15, -0.1) is 0 Å². The first-order chi connectivity index (χ1) is 9.21. The lowest BCUT2D eigenvalue weighted by Gasteiger charge is -2.26. The first-order valence-electron chi connectivity index (χ1n) is 6.22. The van der Waals surface area contributed by atoms with Crippen molar-refractivity contribution in [2.75, 3.05) is 24.2 Å². The van der Waals surface area contributed by atoms with Crippen LogP contribution < -0.4 is 16.2 Å². The quantitative estimate of drug-likeness (QED) is 0.573. The molecule has 1 saturated heterocycles. The number of ether oxygens (including phenoxy) is 1. The minimum atomic E-state index is -3.82. The van der Waals surface area contributed by atoms with Gasteiger partial charge in [-0.1, -0.05) is 0 Å². The van der Waals surface area contributed by atoms with Crippen molar-refractivity contribution in [2.24, 2.45) is 5.14 Å². The number of primary sulfonamides is 1. The lowest BCUT2D eigenvalue weighted by atomic mass is 9.96. The SMILES string of the molecule is CC1OCCC1(O)CNc1cc(N)cc(S(N)(=O)=O)c1. The molecule has 1 aliphatic heterocycles. The molecule has 0 radical (unpaired) electrons. The van der Waals surface area contributed by atoms with Crippen molar-refractivity contribution in [3.05, 3.63) is 18.2 Å². The van der Waals surface area contributed by atoms with Crippen molar-refractivity contribution in [3.8, 4) is 0 Å². The van der Waals surface area contributed by atoms with E-state index >= 15 is 0 Å². The van der Waals surface area contributed by atoms with E-state index in [-0.39, 0.29) is 23.2 Å². The highest BCUT2D eigenvalue weighted by molar-refractivity contribution is 7.89. The number of sulfonamides is 1. The molecule has 20 heavy (non-hydrogen) atoms. The summed E-state index contributed by atoms with van der Waals surface area (Å²) in [6.45, 7) is 2.53. The number of anilines is 2. The molecule has 2 atom stereocenters. The summed E-state index contributed by atoms with van der Waals surface area (Å²) in [7, 11) is -3.82. The van der Waals surface area contributed by atoms with Crippen LogP contribution in [0.2, 0.25) is 0 Å². The second-order valence-corrected chi connectivity index (χ2v) is 6.62. The van der Waals surface area contributed by atoms with E-state index in [4.69, 9.17) is 15.6 Å². The number of aliphatic hydroxyl groups is 1. The van der Waals surface area contributed by atoms with Crippen LogP contribution in [-0.2, 0) is 14.8 Å². The Morgan fingerprint density at radius 2 is 2.20 bits per heavy atom. The fraction of sp³-hybridized carbons (Fsp3) is 0.500. The van der Waals surface area contributed by atoms with Gasteiger partial charge in [-0.25, -0.2) is 13.6 Å². The van der Waals surface area contributed by atoms with E-state index in [0.29, 0.717) is 18.7 Å². The van der Waals surface area contributed by atoms with Crippen molar-refractivity contribution in [1.29, 1.82) is 0 Å². The van der Waals surface area contributed by atoms with Gasteiger partial charge >= 0.3 is 0 Å². The summed E-state index contributed by atoms with van der Waals surface area (Å²) >= 11 is 0. The number of benzene rings is 1. The topological polar surface area (TPSA) is 128 Å². The molecule has 7 nitrogen and oxygen atoms in total. The van der Waals surface area contributed by atoms with Crippen LogP contribution in [0.3, 0.4) is 0 Å². The van der Waals surface area contributed by atoms with Crippen LogP contribution in [0.1, 0.15) is 13.3 Å². The zero-order valence-electron chi connectivity index (χ0n) is 11.2. The van der Waals surface area contributed by atoms with Crippen LogP contribution in [-0.4, -0.2) is 38.4 Å². The average Bonchev–Trinajstić information content (AvgIpc) is 2.66. The van der Waals surface area contributed by atoms with E-state index in [1.54, 1.807) is 13.0 Å². The third-order valence-corrected chi connectivity index (χ3v) is 4.41. The Balaban J connectivity index is 2.16. The maximum Gasteiger partial charge on any atom is 0.238 e.